The van der Waals surface area contributed by atoms with Gasteiger partial charge in [-0.1, -0.05) is 39.3 Å². The second-order valence-electron chi connectivity index (χ2n) is 21.0. The molecule has 11 N–H and O–H groups in total. The zero-order valence-corrected chi connectivity index (χ0v) is 37.1. The van der Waals surface area contributed by atoms with Crippen LogP contribution in [-0.2, 0) is 33.2 Å². The lowest BCUT2D eigenvalue weighted by molar-refractivity contribution is -0.369. The molecule has 26 atom stereocenters. The maximum absolute atomic E-state index is 12.0. The Morgan fingerprint density at radius 3 is 2.10 bits per heavy atom. The molecular formula is C45H74O18. The van der Waals surface area contributed by atoms with Gasteiger partial charge in [0.1, 0.15) is 67.1 Å². The van der Waals surface area contributed by atoms with E-state index in [1.807, 2.05) is 6.92 Å². The quantitative estimate of drug-likeness (QED) is 0.107. The highest BCUT2D eigenvalue weighted by atomic mass is 16.8. The summed E-state index contributed by atoms with van der Waals surface area (Å²) in [6, 6.07) is 0. The molecule has 7 unspecified atom stereocenters. The van der Waals surface area contributed by atoms with Crippen molar-refractivity contribution in [1.82, 2.24) is 0 Å². The summed E-state index contributed by atoms with van der Waals surface area (Å²) >= 11 is 0. The Balaban J connectivity index is 0.885. The summed E-state index contributed by atoms with van der Waals surface area (Å²) in [5.41, 5.74) is 1.23. The molecule has 0 spiro atoms. The average molecular weight is 903 g/mol. The van der Waals surface area contributed by atoms with E-state index in [2.05, 4.69) is 26.8 Å². The molecule has 18 nitrogen and oxygen atoms in total. The Morgan fingerprint density at radius 2 is 1.40 bits per heavy atom. The first kappa shape index (κ1) is 48.5. The Hall–Kier alpha value is -0.980. The van der Waals surface area contributed by atoms with E-state index in [4.69, 9.17) is 33.2 Å². The lowest BCUT2D eigenvalue weighted by Gasteiger charge is -2.58. The van der Waals surface area contributed by atoms with E-state index in [-0.39, 0.29) is 47.4 Å². The van der Waals surface area contributed by atoms with Gasteiger partial charge in [0.15, 0.2) is 24.7 Å². The molecular weight excluding hydrogens is 828 g/mol. The van der Waals surface area contributed by atoms with Gasteiger partial charge in [0, 0.05) is 12.3 Å². The zero-order valence-electron chi connectivity index (χ0n) is 37.1. The third kappa shape index (κ3) is 8.51. The summed E-state index contributed by atoms with van der Waals surface area (Å²) in [6.07, 6.45) is -11.5. The molecule has 0 amide bonds. The first-order chi connectivity index (χ1) is 29.8. The van der Waals surface area contributed by atoms with Crippen LogP contribution in [0.3, 0.4) is 0 Å². The highest BCUT2D eigenvalue weighted by Gasteiger charge is 2.68. The smallest absolute Gasteiger partial charge is 0.187 e. The summed E-state index contributed by atoms with van der Waals surface area (Å²) in [5.74, 6) is 0.0506. The molecule has 8 aliphatic rings. The highest BCUT2D eigenvalue weighted by molar-refractivity contribution is 5.26. The van der Waals surface area contributed by atoms with Crippen molar-refractivity contribution < 1.29 is 89.3 Å². The van der Waals surface area contributed by atoms with Gasteiger partial charge in [-0.3, -0.25) is 0 Å². The van der Waals surface area contributed by atoms with Gasteiger partial charge in [0.05, 0.1) is 38.1 Å². The third-order valence-corrected chi connectivity index (χ3v) is 17.4. The Morgan fingerprint density at radius 1 is 0.746 bits per heavy atom. The minimum Gasteiger partial charge on any atom is -0.394 e. The number of hydrogen-bond acceptors (Lipinski definition) is 18. The molecule has 7 fully saturated rings. The van der Waals surface area contributed by atoms with Crippen LogP contribution in [0.25, 0.3) is 0 Å². The number of fused-ring (bicyclic) bond motifs is 7. The van der Waals surface area contributed by atoms with E-state index < -0.39 is 111 Å². The SMILES string of the molecule is CC1C2C(CC3C4CC=C5C[C@@H](O[C@@H]6O[C@H](CO)[C@@H](O)[C@H](O)[C@H]6O[C@@H]6O[C@@H](C)[C@H](O)[C@@H](O)[C@H]6O)CC[C@]5(C)C4CC[C@@]32C)OC1(O)CC[C@@H](C)CO[C@@H]1O[C@H](CO)[C@@H](O)[C@H](O)[C@H]1O. The van der Waals surface area contributed by atoms with Crippen LogP contribution >= 0.6 is 0 Å². The summed E-state index contributed by atoms with van der Waals surface area (Å²) < 4.78 is 42.1. The third-order valence-electron chi connectivity index (χ3n) is 17.4. The molecule has 0 bridgehead atoms. The van der Waals surface area contributed by atoms with Crippen LogP contribution in [0.4, 0.5) is 0 Å². The Kier molecular flexibility index (Phi) is 14.2. The maximum atomic E-state index is 12.0. The molecule has 63 heavy (non-hydrogen) atoms. The van der Waals surface area contributed by atoms with Crippen molar-refractivity contribution in [2.24, 2.45) is 46.3 Å². The summed E-state index contributed by atoms with van der Waals surface area (Å²) in [6.45, 7) is 9.43. The van der Waals surface area contributed by atoms with Gasteiger partial charge >= 0.3 is 0 Å². The van der Waals surface area contributed by atoms with Crippen molar-refractivity contribution in [3.63, 3.8) is 0 Å². The topological polar surface area (TPSA) is 287 Å². The van der Waals surface area contributed by atoms with Crippen molar-refractivity contribution in [2.75, 3.05) is 19.8 Å². The number of hydrogen-bond donors (Lipinski definition) is 11. The number of rotatable bonds is 12. The van der Waals surface area contributed by atoms with Gasteiger partial charge in [-0.15, -0.1) is 0 Å². The van der Waals surface area contributed by atoms with Crippen LogP contribution in [-0.4, -0.2) is 186 Å². The fourth-order valence-electron chi connectivity index (χ4n) is 13.5. The Labute approximate surface area is 369 Å². The number of aliphatic hydroxyl groups excluding tert-OH is 10. The molecule has 4 aliphatic heterocycles. The largest absolute Gasteiger partial charge is 0.394 e. The molecule has 4 heterocycles. The van der Waals surface area contributed by atoms with Gasteiger partial charge in [-0.2, -0.15) is 0 Å². The first-order valence-electron chi connectivity index (χ1n) is 23.4. The first-order valence-corrected chi connectivity index (χ1v) is 23.4. The van der Waals surface area contributed by atoms with Crippen molar-refractivity contribution >= 4 is 0 Å². The van der Waals surface area contributed by atoms with Crippen LogP contribution in [0.1, 0.15) is 92.4 Å². The maximum Gasteiger partial charge on any atom is 0.187 e. The molecule has 0 radical (unpaired) electrons. The molecule has 4 aliphatic carbocycles. The van der Waals surface area contributed by atoms with Gasteiger partial charge in [0.25, 0.3) is 0 Å². The highest BCUT2D eigenvalue weighted by Crippen LogP contribution is 2.70. The van der Waals surface area contributed by atoms with Crippen molar-refractivity contribution in [3.8, 4) is 0 Å². The molecule has 8 rings (SSSR count). The van der Waals surface area contributed by atoms with Crippen molar-refractivity contribution in [3.05, 3.63) is 11.6 Å². The molecule has 0 aromatic rings. The second kappa shape index (κ2) is 18.5. The van der Waals surface area contributed by atoms with Crippen LogP contribution < -0.4 is 0 Å². The van der Waals surface area contributed by atoms with E-state index in [1.54, 1.807) is 0 Å². The van der Waals surface area contributed by atoms with Gasteiger partial charge in [-0.25, -0.2) is 0 Å². The van der Waals surface area contributed by atoms with E-state index in [0.29, 0.717) is 43.4 Å². The van der Waals surface area contributed by atoms with E-state index in [0.717, 1.165) is 32.1 Å². The average Bonchev–Trinajstić information content (AvgIpc) is 3.70. The summed E-state index contributed by atoms with van der Waals surface area (Å²) in [5, 5.41) is 115. The molecule has 362 valence electrons. The number of aliphatic hydroxyl groups is 11. The van der Waals surface area contributed by atoms with E-state index in [1.165, 1.54) is 12.5 Å². The fraction of sp³-hybridized carbons (Fsp3) is 0.956. The minimum absolute atomic E-state index is 0.0148. The van der Waals surface area contributed by atoms with E-state index >= 15 is 0 Å². The number of allylic oxidation sites excluding steroid dienone is 1. The lowest BCUT2D eigenvalue weighted by Crippen LogP contribution is -2.64. The van der Waals surface area contributed by atoms with Crippen LogP contribution in [0.5, 0.6) is 0 Å². The van der Waals surface area contributed by atoms with Gasteiger partial charge < -0.3 is 89.3 Å². The fourth-order valence-corrected chi connectivity index (χ4v) is 13.5. The summed E-state index contributed by atoms with van der Waals surface area (Å²) in [4.78, 5) is 0. The van der Waals surface area contributed by atoms with Crippen LogP contribution in [0, 0.1) is 46.3 Å². The zero-order chi connectivity index (χ0) is 45.5. The van der Waals surface area contributed by atoms with E-state index in [9.17, 15) is 56.2 Å². The van der Waals surface area contributed by atoms with Crippen molar-refractivity contribution in [1.29, 1.82) is 0 Å². The second-order valence-corrected chi connectivity index (χ2v) is 21.0. The van der Waals surface area contributed by atoms with Crippen molar-refractivity contribution in [2.45, 2.75) is 203 Å². The minimum atomic E-state index is -1.65. The standard InChI is InChI=1S/C45H74O18/c1-19(18-57-40-37(54)35(52)32(49)28(16-46)60-40)8-13-45(56)20(2)30-27(63-45)15-26-24-7-6-22-14-23(9-11-43(22,4)25(24)10-12-44(26,30)5)59-42-39(36(53)33(50)29(17-47)61-42)62-41-38(55)34(51)31(48)21(3)58-41/h6,19-21,23-42,46-56H,7-18H2,1-5H3/t19-,20?,21+,23+,24?,25?,26?,27?,28-,29-,30?,31+,32-,33-,34-,35+,36+,37-,38-,39-,40-,41+,42-,43+,44+,45?/m1/s1. The normalized spacial score (nSPS) is 55.0. The lowest BCUT2D eigenvalue weighted by atomic mass is 9.47. The molecule has 18 heteroatoms. The number of ether oxygens (including phenoxy) is 7. The van der Waals surface area contributed by atoms with Crippen LogP contribution in [0.2, 0.25) is 0 Å². The molecule has 3 saturated carbocycles. The van der Waals surface area contributed by atoms with Gasteiger partial charge in [0.2, 0.25) is 0 Å². The van der Waals surface area contributed by atoms with Gasteiger partial charge in [-0.05, 0) is 98.7 Å². The summed E-state index contributed by atoms with van der Waals surface area (Å²) in [7, 11) is 0. The molecule has 0 aromatic heterocycles. The predicted molar refractivity (Wildman–Crippen MR) is 218 cm³/mol. The molecule has 4 saturated heterocycles. The monoisotopic (exact) mass is 902 g/mol. The molecule has 0 aromatic carbocycles. The van der Waals surface area contributed by atoms with Crippen LogP contribution in [0.15, 0.2) is 11.6 Å². The Bertz CT molecular complexity index is 1600. The predicted octanol–water partition coefficient (Wildman–Crippen LogP) is -0.831.